The Balaban J connectivity index is 2.00. The van der Waals surface area contributed by atoms with Gasteiger partial charge in [-0.15, -0.1) is 0 Å². The summed E-state index contributed by atoms with van der Waals surface area (Å²) in [4.78, 5) is 11.4. The molecule has 0 amide bonds. The lowest BCUT2D eigenvalue weighted by atomic mass is 10.2. The van der Waals surface area contributed by atoms with E-state index in [4.69, 9.17) is 14.2 Å². The minimum absolute atomic E-state index is 0.0793. The minimum atomic E-state index is -1.74. The van der Waals surface area contributed by atoms with Crippen molar-refractivity contribution in [3.8, 4) is 0 Å². The summed E-state index contributed by atoms with van der Waals surface area (Å²) in [6, 6.07) is 9.51. The maximum Gasteiger partial charge on any atom is 0.308 e. The van der Waals surface area contributed by atoms with Gasteiger partial charge in [-0.3, -0.25) is 4.79 Å². The molecule has 1 fully saturated rings. The van der Waals surface area contributed by atoms with Crippen molar-refractivity contribution in [1.82, 2.24) is 0 Å². The Hall–Kier alpha value is -1.43. The van der Waals surface area contributed by atoms with E-state index in [1.807, 2.05) is 30.3 Å². The molecule has 2 rings (SSSR count). The van der Waals surface area contributed by atoms with Crippen molar-refractivity contribution in [3.05, 3.63) is 35.9 Å². The summed E-state index contributed by atoms with van der Waals surface area (Å²) in [6.07, 6.45) is -0.747. The number of benzene rings is 1. The fraction of sp³-hybridized carbons (Fsp3) is 0.533. The van der Waals surface area contributed by atoms with Gasteiger partial charge in [-0.2, -0.15) is 0 Å². The highest BCUT2D eigenvalue weighted by atomic mass is 16.8. The zero-order chi connectivity index (χ0) is 14.6. The molecule has 5 heteroatoms. The number of aliphatic hydroxyl groups is 1. The first-order valence-corrected chi connectivity index (χ1v) is 6.74. The van der Waals surface area contributed by atoms with Gasteiger partial charge < -0.3 is 19.3 Å². The largest absolute Gasteiger partial charge is 0.462 e. The zero-order valence-electron chi connectivity index (χ0n) is 11.7. The first-order chi connectivity index (χ1) is 9.47. The van der Waals surface area contributed by atoms with Crippen LogP contribution >= 0.6 is 0 Å². The van der Waals surface area contributed by atoms with Crippen LogP contribution in [0.2, 0.25) is 0 Å². The molecular formula is C15H20O5. The molecule has 3 atom stereocenters. The predicted octanol–water partition coefficient (Wildman–Crippen LogP) is 1.98. The third-order valence-electron chi connectivity index (χ3n) is 3.02. The van der Waals surface area contributed by atoms with Crippen molar-refractivity contribution < 1.29 is 24.1 Å². The molecule has 0 aliphatic carbocycles. The van der Waals surface area contributed by atoms with Crippen LogP contribution in [0, 0.1) is 0 Å². The van der Waals surface area contributed by atoms with Crippen LogP contribution < -0.4 is 0 Å². The Morgan fingerprint density at radius 1 is 1.30 bits per heavy atom. The van der Waals surface area contributed by atoms with Crippen LogP contribution in [0.25, 0.3) is 0 Å². The number of carbonyl (C=O) groups is 1. The Labute approximate surface area is 118 Å². The van der Waals surface area contributed by atoms with E-state index in [1.165, 1.54) is 0 Å². The van der Waals surface area contributed by atoms with E-state index in [-0.39, 0.29) is 25.4 Å². The molecule has 0 radical (unpaired) electrons. The molecule has 1 aromatic rings. The predicted molar refractivity (Wildman–Crippen MR) is 71.5 cm³/mol. The van der Waals surface area contributed by atoms with Crippen molar-refractivity contribution in [3.63, 3.8) is 0 Å². The van der Waals surface area contributed by atoms with Crippen molar-refractivity contribution in [2.45, 2.75) is 51.5 Å². The molecule has 0 saturated carbocycles. The molecule has 1 aliphatic heterocycles. The SMILES string of the molecule is C[C@H]1CC(O)(OCc2ccccc2)O[C@@H](C)CC(=O)O1. The summed E-state index contributed by atoms with van der Waals surface area (Å²) in [5, 5.41) is 10.4. The number of esters is 1. The van der Waals surface area contributed by atoms with E-state index in [0.717, 1.165) is 5.56 Å². The molecule has 110 valence electrons. The van der Waals surface area contributed by atoms with Crippen molar-refractivity contribution in [2.24, 2.45) is 0 Å². The van der Waals surface area contributed by atoms with Gasteiger partial charge in [0.25, 0.3) is 5.97 Å². The monoisotopic (exact) mass is 280 g/mol. The number of ether oxygens (including phenoxy) is 3. The van der Waals surface area contributed by atoms with E-state index in [2.05, 4.69) is 0 Å². The molecule has 0 spiro atoms. The highest BCUT2D eigenvalue weighted by molar-refractivity contribution is 5.70. The molecule has 1 N–H and O–H groups in total. The lowest BCUT2D eigenvalue weighted by molar-refractivity contribution is -0.388. The standard InChI is InChI=1S/C15H20O5/c1-11-8-14(16)19-12(2)9-15(17,20-11)18-10-13-6-4-3-5-7-13/h3-7,11-12,17H,8-10H2,1-2H3/t11-,12-,15?/m0/s1. The molecule has 1 heterocycles. The lowest BCUT2D eigenvalue weighted by Gasteiger charge is -2.34. The lowest BCUT2D eigenvalue weighted by Crippen LogP contribution is -2.44. The highest BCUT2D eigenvalue weighted by Gasteiger charge is 2.37. The van der Waals surface area contributed by atoms with Crippen LogP contribution in [0.1, 0.15) is 32.3 Å². The van der Waals surface area contributed by atoms with Crippen LogP contribution in [0.4, 0.5) is 0 Å². The number of hydrogen-bond donors (Lipinski definition) is 1. The third kappa shape index (κ3) is 4.30. The molecular weight excluding hydrogens is 260 g/mol. The van der Waals surface area contributed by atoms with E-state index >= 15 is 0 Å². The van der Waals surface area contributed by atoms with Crippen LogP contribution in [0.3, 0.4) is 0 Å². The summed E-state index contributed by atoms with van der Waals surface area (Å²) < 4.78 is 16.1. The molecule has 1 unspecified atom stereocenters. The van der Waals surface area contributed by atoms with Gasteiger partial charge in [-0.25, -0.2) is 0 Å². The third-order valence-corrected chi connectivity index (χ3v) is 3.02. The molecule has 1 aliphatic rings. The van der Waals surface area contributed by atoms with Gasteiger partial charge in [0.2, 0.25) is 0 Å². The van der Waals surface area contributed by atoms with Crippen LogP contribution in [0.5, 0.6) is 0 Å². The van der Waals surface area contributed by atoms with Gasteiger partial charge in [-0.1, -0.05) is 30.3 Å². The Morgan fingerprint density at radius 2 is 2.00 bits per heavy atom. The average molecular weight is 280 g/mol. The van der Waals surface area contributed by atoms with Crippen molar-refractivity contribution >= 4 is 5.97 Å². The molecule has 5 nitrogen and oxygen atoms in total. The number of cyclic esters (lactones) is 1. The van der Waals surface area contributed by atoms with Gasteiger partial charge in [0.1, 0.15) is 6.10 Å². The minimum Gasteiger partial charge on any atom is -0.462 e. The maximum absolute atomic E-state index is 11.4. The van der Waals surface area contributed by atoms with E-state index < -0.39 is 18.2 Å². The fourth-order valence-corrected chi connectivity index (χ4v) is 2.18. The van der Waals surface area contributed by atoms with Gasteiger partial charge in [-0.05, 0) is 19.4 Å². The van der Waals surface area contributed by atoms with Crippen molar-refractivity contribution in [1.29, 1.82) is 0 Å². The Kier molecular flexibility index (Phi) is 4.75. The number of rotatable bonds is 3. The molecule has 1 saturated heterocycles. The second kappa shape index (κ2) is 6.35. The highest BCUT2D eigenvalue weighted by Crippen LogP contribution is 2.25. The zero-order valence-corrected chi connectivity index (χ0v) is 11.7. The molecule has 1 aromatic carbocycles. The van der Waals surface area contributed by atoms with Gasteiger partial charge in [0.15, 0.2) is 0 Å². The van der Waals surface area contributed by atoms with Crippen LogP contribution in [-0.4, -0.2) is 29.3 Å². The molecule has 0 bridgehead atoms. The topological polar surface area (TPSA) is 65.0 Å². The van der Waals surface area contributed by atoms with Crippen LogP contribution in [0.15, 0.2) is 30.3 Å². The second-order valence-corrected chi connectivity index (χ2v) is 5.12. The molecule has 20 heavy (non-hydrogen) atoms. The van der Waals surface area contributed by atoms with Gasteiger partial charge >= 0.3 is 5.97 Å². The fourth-order valence-electron chi connectivity index (χ4n) is 2.18. The van der Waals surface area contributed by atoms with E-state index in [1.54, 1.807) is 13.8 Å². The van der Waals surface area contributed by atoms with E-state index in [0.29, 0.717) is 0 Å². The smallest absolute Gasteiger partial charge is 0.308 e. The Bertz CT molecular complexity index is 429. The first-order valence-electron chi connectivity index (χ1n) is 6.74. The van der Waals surface area contributed by atoms with E-state index in [9.17, 15) is 9.90 Å². The Morgan fingerprint density at radius 3 is 2.70 bits per heavy atom. The van der Waals surface area contributed by atoms with Gasteiger partial charge in [0, 0.05) is 0 Å². The quantitative estimate of drug-likeness (QED) is 0.677. The number of carbonyl (C=O) groups excluding carboxylic acids is 1. The summed E-state index contributed by atoms with van der Waals surface area (Å²) in [5.74, 6) is -2.06. The van der Waals surface area contributed by atoms with Crippen molar-refractivity contribution in [2.75, 3.05) is 0 Å². The summed E-state index contributed by atoms with van der Waals surface area (Å²) in [6.45, 7) is 3.63. The summed E-state index contributed by atoms with van der Waals surface area (Å²) in [5.41, 5.74) is 0.934. The van der Waals surface area contributed by atoms with Crippen LogP contribution in [-0.2, 0) is 25.6 Å². The average Bonchev–Trinajstić information content (AvgIpc) is 2.35. The molecule has 0 aromatic heterocycles. The normalized spacial score (nSPS) is 31.2. The second-order valence-electron chi connectivity index (χ2n) is 5.12. The number of hydrogen-bond acceptors (Lipinski definition) is 5. The maximum atomic E-state index is 11.4. The van der Waals surface area contributed by atoms with Gasteiger partial charge in [0.05, 0.1) is 25.6 Å². The summed E-state index contributed by atoms with van der Waals surface area (Å²) in [7, 11) is 0. The summed E-state index contributed by atoms with van der Waals surface area (Å²) >= 11 is 0. The first kappa shape index (κ1) is 15.0.